The minimum absolute atomic E-state index is 0.0242. The van der Waals surface area contributed by atoms with Gasteiger partial charge in [0.1, 0.15) is 6.10 Å². The number of sulfonamides is 1. The number of amides is 1. The smallest absolute Gasteiger partial charge is 0.407 e. The number of aliphatic hydroxyl groups excluding tert-OH is 1. The molecular weight excluding hydrogens is 534 g/mol. The molecule has 2 aromatic carbocycles. The zero-order valence-corrected chi connectivity index (χ0v) is 24.0. The van der Waals surface area contributed by atoms with E-state index in [9.17, 15) is 18.3 Å². The van der Waals surface area contributed by atoms with E-state index in [0.717, 1.165) is 24.8 Å². The molecule has 5 unspecified atom stereocenters. The molecule has 2 aliphatic heterocycles. The average Bonchev–Trinajstić information content (AvgIpc) is 3.56. The van der Waals surface area contributed by atoms with Crippen LogP contribution in [0.5, 0.6) is 0 Å². The fraction of sp³-hybridized carbons (Fsp3) is 0.552. The van der Waals surface area contributed by atoms with Gasteiger partial charge in [0.05, 0.1) is 36.2 Å². The highest BCUT2D eigenvalue weighted by molar-refractivity contribution is 7.89. The molecule has 10 nitrogen and oxygen atoms in total. The number of nitrogen functional groups attached to an aromatic ring is 1. The van der Waals surface area contributed by atoms with Crippen molar-refractivity contribution in [3.05, 3.63) is 60.2 Å². The molecule has 2 heterocycles. The summed E-state index contributed by atoms with van der Waals surface area (Å²) in [6, 6.07) is 14.6. The molecule has 40 heavy (non-hydrogen) atoms. The Bertz CT molecular complexity index is 1190. The lowest BCUT2D eigenvalue weighted by atomic mass is 10.0. The Morgan fingerprint density at radius 1 is 1.10 bits per heavy atom. The SMILES string of the molecule is CCC(CC)CN(CC(O)C(Cc1ccccc1)NC(=O)OC1COC2OCCC12)S(=O)(=O)c1ccc(N)cc1. The third kappa shape index (κ3) is 7.52. The molecule has 4 rings (SSSR count). The van der Waals surface area contributed by atoms with Gasteiger partial charge in [0.2, 0.25) is 10.0 Å². The fourth-order valence-corrected chi connectivity index (χ4v) is 6.79. The topological polar surface area (TPSA) is 140 Å². The largest absolute Gasteiger partial charge is 0.443 e. The number of anilines is 1. The maximum atomic E-state index is 13.7. The standard InChI is InChI=1S/C29H41N3O7S/c1-3-20(4-2)17-32(40(35,36)23-12-10-22(30)11-13-23)18-26(33)25(16-21-8-6-5-7-9-21)31-29(34)39-27-19-38-28-24(27)14-15-37-28/h5-13,20,24-28,33H,3-4,14-19,30H2,1-2H3,(H,31,34). The van der Waals surface area contributed by atoms with Crippen molar-refractivity contribution < 1.29 is 32.5 Å². The van der Waals surface area contributed by atoms with Crippen molar-refractivity contribution in [1.82, 2.24) is 9.62 Å². The molecule has 2 saturated heterocycles. The van der Waals surface area contributed by atoms with Gasteiger partial charge in [-0.05, 0) is 48.6 Å². The number of nitrogens with zero attached hydrogens (tertiary/aromatic N) is 1. The van der Waals surface area contributed by atoms with Crippen molar-refractivity contribution in [3.8, 4) is 0 Å². The quantitative estimate of drug-likeness (QED) is 0.310. The lowest BCUT2D eigenvalue weighted by Crippen LogP contribution is -2.52. The maximum Gasteiger partial charge on any atom is 0.407 e. The minimum Gasteiger partial charge on any atom is -0.443 e. The van der Waals surface area contributed by atoms with Crippen LogP contribution in [0.25, 0.3) is 0 Å². The first-order valence-corrected chi connectivity index (χ1v) is 15.4. The molecule has 0 aliphatic carbocycles. The van der Waals surface area contributed by atoms with Gasteiger partial charge >= 0.3 is 6.09 Å². The molecule has 220 valence electrons. The normalized spacial score (nSPS) is 22.3. The number of rotatable bonds is 13. The van der Waals surface area contributed by atoms with E-state index >= 15 is 0 Å². The van der Waals surface area contributed by atoms with Crippen LogP contribution in [0.15, 0.2) is 59.5 Å². The van der Waals surface area contributed by atoms with Crippen LogP contribution in [0, 0.1) is 11.8 Å². The number of benzene rings is 2. The van der Waals surface area contributed by atoms with Crippen molar-refractivity contribution >= 4 is 21.8 Å². The number of nitrogens with two attached hydrogens (primary N) is 1. The molecule has 2 fully saturated rings. The Hall–Kier alpha value is -2.70. The molecule has 2 aromatic rings. The second kappa shape index (κ2) is 13.8. The molecular formula is C29H41N3O7S. The average molecular weight is 576 g/mol. The summed E-state index contributed by atoms with van der Waals surface area (Å²) in [5, 5.41) is 14.3. The summed E-state index contributed by atoms with van der Waals surface area (Å²) in [5.74, 6) is 0.0778. The van der Waals surface area contributed by atoms with Crippen LogP contribution in [0.1, 0.15) is 38.7 Å². The Balaban J connectivity index is 1.53. The highest BCUT2D eigenvalue weighted by Gasteiger charge is 2.44. The summed E-state index contributed by atoms with van der Waals surface area (Å²) < 4.78 is 45.5. The summed E-state index contributed by atoms with van der Waals surface area (Å²) in [4.78, 5) is 13.1. The fourth-order valence-electron chi connectivity index (χ4n) is 5.25. The van der Waals surface area contributed by atoms with Crippen LogP contribution in [0.2, 0.25) is 0 Å². The van der Waals surface area contributed by atoms with E-state index in [4.69, 9.17) is 19.9 Å². The van der Waals surface area contributed by atoms with Gasteiger partial charge in [-0.15, -0.1) is 0 Å². The zero-order chi connectivity index (χ0) is 28.7. The van der Waals surface area contributed by atoms with Crippen LogP contribution >= 0.6 is 0 Å². The molecule has 4 N–H and O–H groups in total. The summed E-state index contributed by atoms with van der Waals surface area (Å²) in [6.45, 7) is 4.87. The molecule has 2 aliphatic rings. The third-order valence-electron chi connectivity index (χ3n) is 7.83. The number of carbonyl (C=O) groups excluding carboxylic acids is 1. The van der Waals surface area contributed by atoms with Crippen molar-refractivity contribution in [2.24, 2.45) is 11.8 Å². The third-order valence-corrected chi connectivity index (χ3v) is 9.68. The first kappa shape index (κ1) is 30.3. The van der Waals surface area contributed by atoms with E-state index in [0.29, 0.717) is 12.3 Å². The van der Waals surface area contributed by atoms with Crippen molar-refractivity contribution in [1.29, 1.82) is 0 Å². The molecule has 0 saturated carbocycles. The van der Waals surface area contributed by atoms with E-state index in [1.165, 1.54) is 16.4 Å². The van der Waals surface area contributed by atoms with Crippen LogP contribution in [0.3, 0.4) is 0 Å². The van der Waals surface area contributed by atoms with E-state index < -0.39 is 34.4 Å². The van der Waals surface area contributed by atoms with Crippen LogP contribution in [0.4, 0.5) is 10.5 Å². The monoisotopic (exact) mass is 575 g/mol. The number of fused-ring (bicyclic) bond motifs is 1. The van der Waals surface area contributed by atoms with Crippen molar-refractivity contribution in [2.45, 2.75) is 69.0 Å². The summed E-state index contributed by atoms with van der Waals surface area (Å²) in [5.41, 5.74) is 7.12. The first-order valence-electron chi connectivity index (χ1n) is 14.0. The second-order valence-electron chi connectivity index (χ2n) is 10.6. The Morgan fingerprint density at radius 2 is 1.80 bits per heavy atom. The number of ether oxygens (including phenoxy) is 3. The minimum atomic E-state index is -3.95. The lowest BCUT2D eigenvalue weighted by Gasteiger charge is -2.31. The number of aliphatic hydroxyl groups is 1. The number of alkyl carbamates (subject to hydrolysis) is 1. The maximum absolute atomic E-state index is 13.7. The predicted molar refractivity (Wildman–Crippen MR) is 151 cm³/mol. The second-order valence-corrected chi connectivity index (χ2v) is 12.5. The molecule has 11 heteroatoms. The number of carbonyl (C=O) groups is 1. The Kier molecular flexibility index (Phi) is 10.4. The molecule has 5 atom stereocenters. The van der Waals surface area contributed by atoms with Gasteiger partial charge in [-0.3, -0.25) is 0 Å². The Morgan fingerprint density at radius 3 is 2.48 bits per heavy atom. The summed E-state index contributed by atoms with van der Waals surface area (Å²) >= 11 is 0. The van der Waals surface area contributed by atoms with Gasteiger partial charge in [0, 0.05) is 18.8 Å². The number of hydrogen-bond acceptors (Lipinski definition) is 8. The van der Waals surface area contributed by atoms with E-state index in [1.54, 1.807) is 12.1 Å². The highest BCUT2D eigenvalue weighted by atomic mass is 32.2. The molecule has 0 bridgehead atoms. The summed E-state index contributed by atoms with van der Waals surface area (Å²) in [7, 11) is -3.95. The van der Waals surface area contributed by atoms with Gasteiger partial charge in [0.15, 0.2) is 6.29 Å². The molecule has 0 radical (unpaired) electrons. The zero-order valence-electron chi connectivity index (χ0n) is 23.1. The van der Waals surface area contributed by atoms with Crippen molar-refractivity contribution in [2.75, 3.05) is 32.0 Å². The van der Waals surface area contributed by atoms with E-state index in [-0.39, 0.29) is 49.1 Å². The van der Waals surface area contributed by atoms with Crippen LogP contribution < -0.4 is 11.1 Å². The molecule has 0 aromatic heterocycles. The summed E-state index contributed by atoms with van der Waals surface area (Å²) in [6.07, 6.45) is -0.107. The van der Waals surface area contributed by atoms with E-state index in [2.05, 4.69) is 5.32 Å². The van der Waals surface area contributed by atoms with Gasteiger partial charge in [-0.2, -0.15) is 4.31 Å². The number of hydrogen-bond donors (Lipinski definition) is 3. The number of nitrogens with one attached hydrogen (secondary N) is 1. The molecule has 0 spiro atoms. The van der Waals surface area contributed by atoms with E-state index in [1.807, 2.05) is 44.2 Å². The highest BCUT2D eigenvalue weighted by Crippen LogP contribution is 2.33. The van der Waals surface area contributed by atoms with Crippen LogP contribution in [-0.2, 0) is 30.7 Å². The van der Waals surface area contributed by atoms with Gasteiger partial charge in [0.25, 0.3) is 0 Å². The predicted octanol–water partition coefficient (Wildman–Crippen LogP) is 3.16. The van der Waals surface area contributed by atoms with Crippen molar-refractivity contribution in [3.63, 3.8) is 0 Å². The lowest BCUT2D eigenvalue weighted by molar-refractivity contribution is -0.0907. The van der Waals surface area contributed by atoms with Gasteiger partial charge in [-0.1, -0.05) is 57.0 Å². The van der Waals surface area contributed by atoms with Gasteiger partial charge < -0.3 is 30.4 Å². The van der Waals surface area contributed by atoms with Gasteiger partial charge in [-0.25, -0.2) is 13.2 Å². The first-order chi connectivity index (χ1) is 19.2. The molecule has 1 amide bonds. The van der Waals surface area contributed by atoms with Crippen LogP contribution in [-0.4, -0.2) is 74.8 Å². The Labute approximate surface area is 236 Å².